The lowest BCUT2D eigenvalue weighted by Gasteiger charge is -2.31. The van der Waals surface area contributed by atoms with Crippen LogP contribution >= 0.6 is 24.0 Å². The van der Waals surface area contributed by atoms with Gasteiger partial charge in [-0.15, -0.1) is 24.0 Å². The van der Waals surface area contributed by atoms with Gasteiger partial charge in [0.05, 0.1) is 11.5 Å². The molecular weight excluding hydrogens is 457 g/mol. The van der Waals surface area contributed by atoms with Crippen molar-refractivity contribution in [2.24, 2.45) is 10.4 Å². The number of nitrogens with one attached hydrogen (secondary N) is 2. The van der Waals surface area contributed by atoms with Crippen LogP contribution in [0.25, 0.3) is 0 Å². The Kier molecular flexibility index (Phi) is 13.2. The molecule has 0 spiro atoms. The van der Waals surface area contributed by atoms with Gasteiger partial charge in [0.1, 0.15) is 0 Å². The zero-order valence-electron chi connectivity index (χ0n) is 18.0. The predicted molar refractivity (Wildman–Crippen MR) is 123 cm³/mol. The summed E-state index contributed by atoms with van der Waals surface area (Å²) in [5.41, 5.74) is -0.300. The summed E-state index contributed by atoms with van der Waals surface area (Å²) in [5, 5.41) is 6.73. The van der Waals surface area contributed by atoms with Crippen LogP contribution in [0.3, 0.4) is 0 Å². The summed E-state index contributed by atoms with van der Waals surface area (Å²) in [6.45, 7) is 5.04. The molecule has 0 aromatic carbocycles. The van der Waals surface area contributed by atoms with Gasteiger partial charge in [-0.3, -0.25) is 9.79 Å². The lowest BCUT2D eigenvalue weighted by atomic mass is 9.84. The molecule has 8 heteroatoms. The van der Waals surface area contributed by atoms with Gasteiger partial charge in [0.15, 0.2) is 5.96 Å². The predicted octanol–water partition coefficient (Wildman–Crippen LogP) is 1.77. The first-order valence-electron chi connectivity index (χ1n) is 9.77. The summed E-state index contributed by atoms with van der Waals surface area (Å²) >= 11 is 0. The third-order valence-electron chi connectivity index (χ3n) is 5.04. The van der Waals surface area contributed by atoms with Gasteiger partial charge >= 0.3 is 0 Å². The van der Waals surface area contributed by atoms with Crippen molar-refractivity contribution in [2.75, 3.05) is 61.5 Å². The maximum absolute atomic E-state index is 12.7. The number of carbonyl (C=O) groups is 1. The molecule has 1 atom stereocenters. The Bertz CT molecular complexity index is 451. The highest BCUT2D eigenvalue weighted by Crippen LogP contribution is 2.38. The number of halogens is 1. The molecule has 7 nitrogen and oxygen atoms in total. The molecule has 0 radical (unpaired) electrons. The molecule has 0 aromatic heterocycles. The van der Waals surface area contributed by atoms with Crippen molar-refractivity contribution in [3.63, 3.8) is 0 Å². The first kappa shape index (κ1) is 26.4. The van der Waals surface area contributed by atoms with Gasteiger partial charge in [-0.25, -0.2) is 0 Å². The van der Waals surface area contributed by atoms with Crippen molar-refractivity contribution in [3.05, 3.63) is 0 Å². The molecule has 0 aliphatic heterocycles. The summed E-state index contributed by atoms with van der Waals surface area (Å²) in [5.74, 6) is 0.952. The van der Waals surface area contributed by atoms with Crippen LogP contribution < -0.4 is 10.6 Å². The van der Waals surface area contributed by atoms with E-state index in [4.69, 9.17) is 4.74 Å². The van der Waals surface area contributed by atoms with Crippen molar-refractivity contribution in [2.45, 2.75) is 45.1 Å². The van der Waals surface area contributed by atoms with Gasteiger partial charge in [0.2, 0.25) is 5.91 Å². The molecule has 27 heavy (non-hydrogen) atoms. The van der Waals surface area contributed by atoms with E-state index in [1.165, 1.54) is 0 Å². The Labute approximate surface area is 182 Å². The minimum atomic E-state index is -0.300. The number of nitrogens with zero attached hydrogens (tertiary/aromatic N) is 3. The van der Waals surface area contributed by atoms with Crippen LogP contribution in [0.2, 0.25) is 0 Å². The summed E-state index contributed by atoms with van der Waals surface area (Å²) in [6, 6.07) is 0. The van der Waals surface area contributed by atoms with E-state index in [2.05, 4.69) is 34.6 Å². The minimum absolute atomic E-state index is 0. The highest BCUT2D eigenvalue weighted by atomic mass is 127. The molecule has 1 unspecified atom stereocenters. The van der Waals surface area contributed by atoms with E-state index in [0.717, 1.165) is 44.6 Å². The Hall–Kier alpha value is -0.610. The van der Waals surface area contributed by atoms with Crippen LogP contribution in [0.4, 0.5) is 0 Å². The van der Waals surface area contributed by atoms with Crippen molar-refractivity contribution in [1.82, 2.24) is 20.4 Å². The third-order valence-corrected chi connectivity index (χ3v) is 5.04. The van der Waals surface area contributed by atoms with E-state index in [9.17, 15) is 4.79 Å². The summed E-state index contributed by atoms with van der Waals surface area (Å²) in [6.07, 6.45) is 5.23. The van der Waals surface area contributed by atoms with E-state index in [0.29, 0.717) is 19.7 Å². The zero-order valence-corrected chi connectivity index (χ0v) is 20.3. The van der Waals surface area contributed by atoms with Gasteiger partial charge in [-0.2, -0.15) is 0 Å². The van der Waals surface area contributed by atoms with Gasteiger partial charge in [0.25, 0.3) is 0 Å². The SMILES string of the molecule is CCOC(CCN(C)C)CNC(=NC)NCC1(C(=O)N(C)C)CCCC1.I. The number of rotatable bonds is 10. The Morgan fingerprint density at radius 3 is 2.30 bits per heavy atom. The molecule has 1 saturated carbocycles. The van der Waals surface area contributed by atoms with Crippen molar-refractivity contribution in [1.29, 1.82) is 0 Å². The highest BCUT2D eigenvalue weighted by Gasteiger charge is 2.42. The number of aliphatic imine (C=N–C) groups is 1. The lowest BCUT2D eigenvalue weighted by Crippen LogP contribution is -2.50. The topological polar surface area (TPSA) is 69.2 Å². The summed E-state index contributed by atoms with van der Waals surface area (Å²) < 4.78 is 5.82. The van der Waals surface area contributed by atoms with Crippen LogP contribution in [-0.4, -0.2) is 89.3 Å². The fourth-order valence-corrected chi connectivity index (χ4v) is 3.56. The molecule has 1 fully saturated rings. The maximum Gasteiger partial charge on any atom is 0.230 e. The average Bonchev–Trinajstić information content (AvgIpc) is 3.08. The number of carbonyl (C=O) groups excluding carboxylic acids is 1. The smallest absolute Gasteiger partial charge is 0.230 e. The Balaban J connectivity index is 0.00000676. The number of guanidine groups is 1. The van der Waals surface area contributed by atoms with Crippen molar-refractivity contribution in [3.8, 4) is 0 Å². The summed E-state index contributed by atoms with van der Waals surface area (Å²) in [4.78, 5) is 20.9. The average molecular weight is 497 g/mol. The van der Waals surface area contributed by atoms with Crippen LogP contribution in [0.15, 0.2) is 4.99 Å². The zero-order chi connectivity index (χ0) is 19.6. The molecule has 1 amide bonds. The monoisotopic (exact) mass is 497 g/mol. The molecule has 160 valence electrons. The Morgan fingerprint density at radius 2 is 1.81 bits per heavy atom. The van der Waals surface area contributed by atoms with Crippen LogP contribution in [-0.2, 0) is 9.53 Å². The van der Waals surface area contributed by atoms with Crippen LogP contribution in [0.5, 0.6) is 0 Å². The molecule has 0 heterocycles. The van der Waals surface area contributed by atoms with Gasteiger partial charge < -0.3 is 25.2 Å². The second-order valence-corrected chi connectivity index (χ2v) is 7.66. The van der Waals surface area contributed by atoms with E-state index in [1.54, 1.807) is 11.9 Å². The van der Waals surface area contributed by atoms with Crippen molar-refractivity contribution >= 4 is 35.8 Å². The van der Waals surface area contributed by atoms with E-state index < -0.39 is 0 Å². The molecular formula is C19H40IN5O2. The normalized spacial score (nSPS) is 17.4. The number of hydrogen-bond donors (Lipinski definition) is 2. The van der Waals surface area contributed by atoms with E-state index in [-0.39, 0.29) is 41.4 Å². The second-order valence-electron chi connectivity index (χ2n) is 7.66. The highest BCUT2D eigenvalue weighted by molar-refractivity contribution is 14.0. The van der Waals surface area contributed by atoms with Gasteiger partial charge in [0, 0.05) is 47.4 Å². The van der Waals surface area contributed by atoms with Crippen LogP contribution in [0, 0.1) is 5.41 Å². The first-order valence-corrected chi connectivity index (χ1v) is 9.77. The van der Waals surface area contributed by atoms with E-state index >= 15 is 0 Å². The van der Waals surface area contributed by atoms with Gasteiger partial charge in [-0.1, -0.05) is 12.8 Å². The van der Waals surface area contributed by atoms with E-state index in [1.807, 2.05) is 21.0 Å². The molecule has 2 N–H and O–H groups in total. The van der Waals surface area contributed by atoms with Gasteiger partial charge in [-0.05, 0) is 40.3 Å². The molecule has 0 bridgehead atoms. The van der Waals surface area contributed by atoms with Crippen molar-refractivity contribution < 1.29 is 9.53 Å². The Morgan fingerprint density at radius 1 is 1.19 bits per heavy atom. The molecule has 1 rings (SSSR count). The molecule has 1 aliphatic rings. The first-order chi connectivity index (χ1) is 12.3. The molecule has 0 saturated heterocycles. The molecule has 0 aromatic rings. The largest absolute Gasteiger partial charge is 0.377 e. The maximum atomic E-state index is 12.7. The standard InChI is InChI=1S/C19H39N5O2.HI/c1-7-26-16(10-13-23(3)4)14-21-18(20-2)22-15-19(11-8-9-12-19)17(25)24(5)6;/h16H,7-15H2,1-6H3,(H2,20,21,22);1H. The fraction of sp³-hybridized carbons (Fsp3) is 0.895. The fourth-order valence-electron chi connectivity index (χ4n) is 3.56. The van der Waals surface area contributed by atoms with Crippen LogP contribution in [0.1, 0.15) is 39.0 Å². The lowest BCUT2D eigenvalue weighted by molar-refractivity contribution is -0.138. The summed E-state index contributed by atoms with van der Waals surface area (Å²) in [7, 11) is 9.58. The quantitative estimate of drug-likeness (QED) is 0.274. The number of amides is 1. The second kappa shape index (κ2) is 13.5. The third kappa shape index (κ3) is 8.95. The molecule has 1 aliphatic carbocycles. The number of hydrogen-bond acceptors (Lipinski definition) is 4. The minimum Gasteiger partial charge on any atom is -0.377 e. The number of ether oxygens (including phenoxy) is 1.